The third-order valence-corrected chi connectivity index (χ3v) is 3.83. The first-order valence-corrected chi connectivity index (χ1v) is 7.09. The Balaban J connectivity index is 2.39. The molecule has 1 aliphatic rings. The maximum atomic E-state index is 6.32. The third kappa shape index (κ3) is 2.83. The van der Waals surface area contributed by atoms with Gasteiger partial charge in [0, 0.05) is 18.4 Å². The summed E-state index contributed by atoms with van der Waals surface area (Å²) in [5, 5.41) is 0.625. The Morgan fingerprint density at radius 2 is 1.83 bits per heavy atom. The van der Waals surface area contributed by atoms with E-state index in [4.69, 9.17) is 21.3 Å². The van der Waals surface area contributed by atoms with Crippen molar-refractivity contribution in [1.82, 2.24) is 9.97 Å². The van der Waals surface area contributed by atoms with Crippen molar-refractivity contribution in [1.29, 1.82) is 0 Å². The van der Waals surface area contributed by atoms with Crippen molar-refractivity contribution in [3.05, 3.63) is 22.2 Å². The zero-order valence-corrected chi connectivity index (χ0v) is 12.1. The molecule has 1 atom stereocenters. The minimum absolute atomic E-state index is 0.0731. The summed E-state index contributed by atoms with van der Waals surface area (Å²) in [6.07, 6.45) is 5.58. The number of hydrogen-bond acceptors (Lipinski definition) is 3. The zero-order chi connectivity index (χ0) is 13.1. The van der Waals surface area contributed by atoms with Crippen LogP contribution in [0.25, 0.3) is 0 Å². The first-order valence-electron chi connectivity index (χ1n) is 6.71. The average Bonchev–Trinajstić information content (AvgIpc) is 2.55. The Kier molecular flexibility index (Phi) is 4.57. The standard InChI is InChI=1S/C14H21ClN2O/c1-9(2)12(18-3)14-16-11-8-6-4-5-7-10(11)13(15)17-14/h9,12H,4-8H2,1-3H3. The Hall–Kier alpha value is -0.670. The van der Waals surface area contributed by atoms with Crippen LogP contribution in [0.2, 0.25) is 5.15 Å². The molecule has 18 heavy (non-hydrogen) atoms. The van der Waals surface area contributed by atoms with Gasteiger partial charge in [-0.1, -0.05) is 31.9 Å². The van der Waals surface area contributed by atoms with E-state index < -0.39 is 0 Å². The van der Waals surface area contributed by atoms with Gasteiger partial charge in [0.25, 0.3) is 0 Å². The van der Waals surface area contributed by atoms with Gasteiger partial charge in [-0.3, -0.25) is 0 Å². The number of nitrogens with zero attached hydrogens (tertiary/aromatic N) is 2. The first-order chi connectivity index (χ1) is 8.63. The molecule has 0 spiro atoms. The van der Waals surface area contributed by atoms with Crippen LogP contribution >= 0.6 is 11.6 Å². The van der Waals surface area contributed by atoms with Gasteiger partial charge in [0.2, 0.25) is 0 Å². The van der Waals surface area contributed by atoms with E-state index in [1.54, 1.807) is 7.11 Å². The fourth-order valence-corrected chi connectivity index (χ4v) is 2.84. The second kappa shape index (κ2) is 5.98. The third-order valence-electron chi connectivity index (χ3n) is 3.51. The lowest BCUT2D eigenvalue weighted by Gasteiger charge is -2.19. The van der Waals surface area contributed by atoms with Gasteiger partial charge in [0.1, 0.15) is 11.3 Å². The van der Waals surface area contributed by atoms with Crippen LogP contribution < -0.4 is 0 Å². The Morgan fingerprint density at radius 1 is 1.11 bits per heavy atom. The fraction of sp³-hybridized carbons (Fsp3) is 0.714. The van der Waals surface area contributed by atoms with E-state index in [9.17, 15) is 0 Å². The highest BCUT2D eigenvalue weighted by molar-refractivity contribution is 6.30. The maximum Gasteiger partial charge on any atom is 0.159 e. The zero-order valence-electron chi connectivity index (χ0n) is 11.4. The lowest BCUT2D eigenvalue weighted by molar-refractivity contribution is 0.0572. The van der Waals surface area contributed by atoms with Gasteiger partial charge in [-0.05, 0) is 31.6 Å². The van der Waals surface area contributed by atoms with E-state index in [1.807, 2.05) is 0 Å². The molecule has 100 valence electrons. The Bertz CT molecular complexity index is 421. The number of aromatic nitrogens is 2. The molecule has 3 nitrogen and oxygen atoms in total. The molecule has 0 fully saturated rings. The summed E-state index contributed by atoms with van der Waals surface area (Å²) in [5.41, 5.74) is 2.28. The van der Waals surface area contributed by atoms with Gasteiger partial charge in [0.05, 0.1) is 0 Å². The first kappa shape index (κ1) is 13.8. The highest BCUT2D eigenvalue weighted by atomic mass is 35.5. The van der Waals surface area contributed by atoms with Crippen molar-refractivity contribution in [2.45, 2.75) is 52.1 Å². The molecule has 0 aromatic carbocycles. The number of rotatable bonds is 3. The van der Waals surface area contributed by atoms with Crippen molar-refractivity contribution in [2.75, 3.05) is 7.11 Å². The number of halogens is 1. The van der Waals surface area contributed by atoms with Crippen molar-refractivity contribution < 1.29 is 4.74 Å². The molecule has 0 saturated carbocycles. The summed E-state index contributed by atoms with van der Waals surface area (Å²) >= 11 is 6.32. The summed E-state index contributed by atoms with van der Waals surface area (Å²) in [4.78, 5) is 9.16. The van der Waals surface area contributed by atoms with Crippen LogP contribution in [0, 0.1) is 5.92 Å². The van der Waals surface area contributed by atoms with Crippen LogP contribution in [0.4, 0.5) is 0 Å². The highest BCUT2D eigenvalue weighted by Crippen LogP contribution is 2.29. The lowest BCUT2D eigenvalue weighted by Crippen LogP contribution is -2.15. The van der Waals surface area contributed by atoms with Gasteiger partial charge >= 0.3 is 0 Å². The van der Waals surface area contributed by atoms with Gasteiger partial charge in [-0.25, -0.2) is 9.97 Å². The second-order valence-corrected chi connectivity index (χ2v) is 5.62. The van der Waals surface area contributed by atoms with Crippen LogP contribution in [0.3, 0.4) is 0 Å². The van der Waals surface area contributed by atoms with Crippen molar-refractivity contribution in [3.63, 3.8) is 0 Å². The molecule has 2 rings (SSSR count). The smallest absolute Gasteiger partial charge is 0.159 e. The SMILES string of the molecule is COC(c1nc(Cl)c2c(n1)CCCCC2)C(C)C. The average molecular weight is 269 g/mol. The molecule has 4 heteroatoms. The van der Waals surface area contributed by atoms with Crippen LogP contribution in [0.5, 0.6) is 0 Å². The summed E-state index contributed by atoms with van der Waals surface area (Å²) in [5.74, 6) is 1.08. The number of aryl methyl sites for hydroxylation is 1. The maximum absolute atomic E-state index is 6.32. The quantitative estimate of drug-likeness (QED) is 0.619. The fourth-order valence-electron chi connectivity index (χ4n) is 2.55. The topological polar surface area (TPSA) is 35.0 Å². The number of methoxy groups -OCH3 is 1. The molecule has 1 aromatic heterocycles. The molecule has 0 radical (unpaired) electrons. The molecule has 0 N–H and O–H groups in total. The predicted octanol–water partition coefficient (Wildman–Crippen LogP) is 3.74. The van der Waals surface area contributed by atoms with Crippen LogP contribution in [0.1, 0.15) is 56.3 Å². The van der Waals surface area contributed by atoms with Crippen LogP contribution in [-0.2, 0) is 17.6 Å². The van der Waals surface area contributed by atoms with E-state index in [2.05, 4.69) is 18.8 Å². The van der Waals surface area contributed by atoms with Crippen molar-refractivity contribution >= 4 is 11.6 Å². The summed E-state index contributed by atoms with van der Waals surface area (Å²) in [7, 11) is 1.70. The van der Waals surface area contributed by atoms with Crippen molar-refractivity contribution in [2.24, 2.45) is 5.92 Å². The summed E-state index contributed by atoms with van der Waals surface area (Å²) in [6.45, 7) is 4.22. The minimum Gasteiger partial charge on any atom is -0.373 e. The summed E-state index contributed by atoms with van der Waals surface area (Å²) in [6, 6.07) is 0. The van der Waals surface area contributed by atoms with Gasteiger partial charge in [-0.15, -0.1) is 0 Å². The number of fused-ring (bicyclic) bond motifs is 1. The number of ether oxygens (including phenoxy) is 1. The molecule has 0 saturated heterocycles. The van der Waals surface area contributed by atoms with Gasteiger partial charge in [0.15, 0.2) is 5.82 Å². The predicted molar refractivity (Wildman–Crippen MR) is 72.9 cm³/mol. The number of hydrogen-bond donors (Lipinski definition) is 0. The molecular formula is C14H21ClN2O. The largest absolute Gasteiger partial charge is 0.373 e. The molecule has 1 unspecified atom stereocenters. The van der Waals surface area contributed by atoms with E-state index in [-0.39, 0.29) is 6.10 Å². The molecule has 1 aliphatic carbocycles. The highest BCUT2D eigenvalue weighted by Gasteiger charge is 2.22. The Labute approximate surface area is 114 Å². The molecule has 1 heterocycles. The molecule has 0 amide bonds. The summed E-state index contributed by atoms with van der Waals surface area (Å²) < 4.78 is 5.49. The van der Waals surface area contributed by atoms with Crippen LogP contribution in [-0.4, -0.2) is 17.1 Å². The van der Waals surface area contributed by atoms with E-state index >= 15 is 0 Å². The van der Waals surface area contributed by atoms with E-state index in [0.29, 0.717) is 11.1 Å². The van der Waals surface area contributed by atoms with Crippen molar-refractivity contribution in [3.8, 4) is 0 Å². The van der Waals surface area contributed by atoms with E-state index in [0.717, 1.165) is 29.9 Å². The molecule has 1 aromatic rings. The lowest BCUT2D eigenvalue weighted by atomic mass is 10.1. The second-order valence-electron chi connectivity index (χ2n) is 5.26. The van der Waals surface area contributed by atoms with Crippen LogP contribution in [0.15, 0.2) is 0 Å². The molecular weight excluding hydrogens is 248 g/mol. The van der Waals surface area contributed by atoms with Gasteiger partial charge < -0.3 is 4.74 Å². The molecule has 0 aliphatic heterocycles. The minimum atomic E-state index is -0.0731. The van der Waals surface area contributed by atoms with E-state index in [1.165, 1.54) is 19.3 Å². The Morgan fingerprint density at radius 3 is 2.50 bits per heavy atom. The normalized spacial score (nSPS) is 17.4. The molecule has 0 bridgehead atoms. The van der Waals surface area contributed by atoms with Gasteiger partial charge in [-0.2, -0.15) is 0 Å². The monoisotopic (exact) mass is 268 g/mol.